The molecular weight excluding hydrogens is 396 g/mol. The molecule has 1 aliphatic heterocycles. The quantitative estimate of drug-likeness (QED) is 0.460. The van der Waals surface area contributed by atoms with E-state index < -0.39 is 5.91 Å². The molecule has 2 atom stereocenters. The molecule has 5 heteroatoms. The molecule has 3 rings (SSSR count). The molecule has 4 nitrogen and oxygen atoms in total. The summed E-state index contributed by atoms with van der Waals surface area (Å²) in [5.41, 5.74) is 10.3. The molecule has 0 bridgehead atoms. The van der Waals surface area contributed by atoms with Crippen molar-refractivity contribution in [2.24, 2.45) is 11.7 Å². The largest absolute Gasteiger partial charge is 0.497 e. The van der Waals surface area contributed by atoms with Crippen LogP contribution < -0.4 is 5.73 Å². The maximum Gasteiger partial charge on any atom is 0.265 e. The summed E-state index contributed by atoms with van der Waals surface area (Å²) in [5, 5.41) is 0.665. The minimum atomic E-state index is -0.438. The summed E-state index contributed by atoms with van der Waals surface area (Å²) >= 11 is 6.42. The fraction of sp³-hybridized carbons (Fsp3) is 0.320. The lowest BCUT2D eigenvalue weighted by molar-refractivity contribution is 0.0993. The third-order valence-corrected chi connectivity index (χ3v) is 6.02. The van der Waals surface area contributed by atoms with E-state index in [1.165, 1.54) is 0 Å². The molecule has 1 unspecified atom stereocenters. The molecular formula is C25H29ClN2O2. The Labute approximate surface area is 183 Å². The highest BCUT2D eigenvalue weighted by Gasteiger charge is 2.31. The third-order valence-electron chi connectivity index (χ3n) is 5.79. The van der Waals surface area contributed by atoms with Gasteiger partial charge in [-0.15, -0.1) is 0 Å². The van der Waals surface area contributed by atoms with Gasteiger partial charge in [0.1, 0.15) is 11.5 Å². The first-order chi connectivity index (χ1) is 14.4. The number of ether oxygens (including phenoxy) is 1. The Balaban J connectivity index is 2.25. The van der Waals surface area contributed by atoms with Crippen LogP contribution in [0.25, 0.3) is 5.69 Å². The molecule has 1 aromatic carbocycles. The van der Waals surface area contributed by atoms with E-state index in [1.807, 2.05) is 67.0 Å². The Morgan fingerprint density at radius 1 is 1.33 bits per heavy atom. The van der Waals surface area contributed by atoms with Gasteiger partial charge in [0.05, 0.1) is 7.11 Å². The molecule has 30 heavy (non-hydrogen) atoms. The van der Waals surface area contributed by atoms with Gasteiger partial charge in [-0.05, 0) is 73.7 Å². The van der Waals surface area contributed by atoms with Crippen LogP contribution in [0.5, 0.6) is 0 Å². The summed E-state index contributed by atoms with van der Waals surface area (Å²) in [7, 11) is 1.70. The first-order valence-electron chi connectivity index (χ1n) is 10.3. The summed E-state index contributed by atoms with van der Waals surface area (Å²) in [5.74, 6) is 0.795. The Morgan fingerprint density at radius 3 is 2.73 bits per heavy atom. The number of carbonyl (C=O) groups is 1. The fourth-order valence-electron chi connectivity index (χ4n) is 4.23. The number of halogens is 1. The van der Waals surface area contributed by atoms with Gasteiger partial charge in [-0.3, -0.25) is 4.79 Å². The van der Waals surface area contributed by atoms with Crippen LogP contribution in [0.1, 0.15) is 54.9 Å². The number of hydrogen-bond acceptors (Lipinski definition) is 2. The molecule has 0 fully saturated rings. The van der Waals surface area contributed by atoms with Gasteiger partial charge >= 0.3 is 0 Å². The van der Waals surface area contributed by atoms with Crippen molar-refractivity contribution in [3.8, 4) is 5.69 Å². The number of rotatable bonds is 6. The molecule has 2 N–H and O–H groups in total. The van der Waals surface area contributed by atoms with Crippen molar-refractivity contribution in [1.29, 1.82) is 0 Å². The Bertz CT molecular complexity index is 1030. The van der Waals surface area contributed by atoms with Gasteiger partial charge < -0.3 is 15.0 Å². The molecule has 0 saturated heterocycles. The second kappa shape index (κ2) is 9.40. The van der Waals surface area contributed by atoms with Crippen LogP contribution in [0.4, 0.5) is 0 Å². The molecule has 1 aliphatic rings. The second-order valence-corrected chi connectivity index (χ2v) is 8.06. The summed E-state index contributed by atoms with van der Waals surface area (Å²) in [6.45, 7) is 6.22. The van der Waals surface area contributed by atoms with E-state index in [-0.39, 0.29) is 5.92 Å². The van der Waals surface area contributed by atoms with Crippen LogP contribution in [-0.4, -0.2) is 17.6 Å². The van der Waals surface area contributed by atoms with Crippen LogP contribution in [0.3, 0.4) is 0 Å². The molecule has 1 aromatic heterocycles. The van der Waals surface area contributed by atoms with Crippen LogP contribution in [-0.2, 0) is 11.2 Å². The predicted molar refractivity (Wildman–Crippen MR) is 123 cm³/mol. The number of primary amides is 1. The number of nitrogens with zero attached hydrogens (tertiary/aromatic N) is 1. The van der Waals surface area contributed by atoms with Crippen LogP contribution >= 0.6 is 11.6 Å². The summed E-state index contributed by atoms with van der Waals surface area (Å²) in [6, 6.07) is 9.64. The highest BCUT2D eigenvalue weighted by atomic mass is 35.5. The number of aromatic nitrogens is 1. The lowest BCUT2D eigenvalue weighted by Gasteiger charge is -2.24. The minimum absolute atomic E-state index is 0.0771. The van der Waals surface area contributed by atoms with Gasteiger partial charge in [0.25, 0.3) is 5.91 Å². The van der Waals surface area contributed by atoms with E-state index >= 15 is 0 Å². The van der Waals surface area contributed by atoms with Crippen LogP contribution in [0.15, 0.2) is 66.0 Å². The van der Waals surface area contributed by atoms with Gasteiger partial charge in [-0.25, -0.2) is 0 Å². The zero-order chi connectivity index (χ0) is 21.8. The average molecular weight is 425 g/mol. The number of carbonyl (C=O) groups excluding carboxylic acids is 1. The zero-order valence-corrected chi connectivity index (χ0v) is 18.7. The van der Waals surface area contributed by atoms with Gasteiger partial charge in [0.2, 0.25) is 0 Å². The standard InChI is InChI=1S/C25H29ClN2O2/c1-5-7-8-16(3)24(30-4)15-20-17(6-2)13-19-10-12-23(25(27)29)28(19)22-11-9-18(26)14-21(20)22/h5,7-12,14-15,17,20H,6,13H2,1-4H3,(H2,27,29)/b7-5-,16-8-,24-15-/t17?,20-/m0/s1. The number of allylic oxidation sites excluding steroid dienone is 5. The van der Waals surface area contributed by atoms with E-state index in [0.717, 1.165) is 41.1 Å². The first-order valence-corrected chi connectivity index (χ1v) is 10.6. The molecule has 0 saturated carbocycles. The normalized spacial score (nSPS) is 19.4. The molecule has 2 aromatic rings. The van der Waals surface area contributed by atoms with Crippen molar-refractivity contribution in [1.82, 2.24) is 4.57 Å². The number of hydrogen-bond donors (Lipinski definition) is 1. The second-order valence-electron chi connectivity index (χ2n) is 7.62. The molecule has 0 spiro atoms. The molecule has 0 radical (unpaired) electrons. The lowest BCUT2D eigenvalue weighted by Crippen LogP contribution is -2.17. The van der Waals surface area contributed by atoms with E-state index in [9.17, 15) is 4.79 Å². The van der Waals surface area contributed by atoms with Crippen molar-refractivity contribution in [3.05, 3.63) is 87.9 Å². The fourth-order valence-corrected chi connectivity index (χ4v) is 4.41. The van der Waals surface area contributed by atoms with Crippen molar-refractivity contribution in [2.75, 3.05) is 7.11 Å². The van der Waals surface area contributed by atoms with Crippen LogP contribution in [0, 0.1) is 5.92 Å². The Kier molecular flexibility index (Phi) is 6.88. The average Bonchev–Trinajstić information content (AvgIpc) is 3.10. The number of nitrogens with two attached hydrogens (primary N) is 1. The van der Waals surface area contributed by atoms with E-state index in [1.54, 1.807) is 7.11 Å². The number of fused-ring (bicyclic) bond motifs is 3. The SMILES string of the molecule is C\C=C/C=C(C)\C(=C\[C@@H]1c2cc(Cl)ccc2-n2c(ccc2C(N)=O)CC1CC)OC. The third kappa shape index (κ3) is 4.24. The van der Waals surface area contributed by atoms with Gasteiger partial charge in [-0.1, -0.05) is 43.2 Å². The zero-order valence-electron chi connectivity index (χ0n) is 18.0. The topological polar surface area (TPSA) is 57.2 Å². The van der Waals surface area contributed by atoms with E-state index in [2.05, 4.69) is 13.0 Å². The van der Waals surface area contributed by atoms with Crippen molar-refractivity contribution < 1.29 is 9.53 Å². The van der Waals surface area contributed by atoms with Crippen molar-refractivity contribution in [3.63, 3.8) is 0 Å². The molecule has 1 amide bonds. The van der Waals surface area contributed by atoms with Gasteiger partial charge in [0, 0.05) is 22.3 Å². The molecule has 2 heterocycles. The molecule has 0 aliphatic carbocycles. The van der Waals surface area contributed by atoms with Crippen LogP contribution in [0.2, 0.25) is 5.02 Å². The number of amides is 1. The smallest absolute Gasteiger partial charge is 0.265 e. The van der Waals surface area contributed by atoms with Crippen molar-refractivity contribution >= 4 is 17.5 Å². The lowest BCUT2D eigenvalue weighted by atomic mass is 9.81. The number of methoxy groups -OCH3 is 1. The maximum atomic E-state index is 12.1. The van der Waals surface area contributed by atoms with E-state index in [4.69, 9.17) is 22.1 Å². The highest BCUT2D eigenvalue weighted by molar-refractivity contribution is 6.30. The van der Waals surface area contributed by atoms with Crippen molar-refractivity contribution in [2.45, 2.75) is 39.5 Å². The van der Waals surface area contributed by atoms with Gasteiger partial charge in [-0.2, -0.15) is 0 Å². The summed E-state index contributed by atoms with van der Waals surface area (Å²) in [4.78, 5) is 12.1. The first kappa shape index (κ1) is 22.0. The molecule has 158 valence electrons. The predicted octanol–water partition coefficient (Wildman–Crippen LogP) is 5.95. The summed E-state index contributed by atoms with van der Waals surface area (Å²) < 4.78 is 7.74. The monoisotopic (exact) mass is 424 g/mol. The summed E-state index contributed by atoms with van der Waals surface area (Å²) in [6.07, 6.45) is 10.0. The van der Waals surface area contributed by atoms with Gasteiger partial charge in [0.15, 0.2) is 0 Å². The minimum Gasteiger partial charge on any atom is -0.497 e. The highest BCUT2D eigenvalue weighted by Crippen LogP contribution is 2.41. The Morgan fingerprint density at radius 2 is 2.10 bits per heavy atom. The Hall–Kier alpha value is -2.72. The van der Waals surface area contributed by atoms with E-state index in [0.29, 0.717) is 16.6 Å². The maximum absolute atomic E-state index is 12.1. The number of benzene rings is 1.